The van der Waals surface area contributed by atoms with Crippen molar-refractivity contribution >= 4 is 11.8 Å². The van der Waals surface area contributed by atoms with Gasteiger partial charge in [-0.2, -0.15) is 13.2 Å². The zero-order chi connectivity index (χ0) is 23.2. The van der Waals surface area contributed by atoms with Crippen molar-refractivity contribution in [1.82, 2.24) is 24.8 Å². The second-order valence-electron chi connectivity index (χ2n) is 9.16. The Labute approximate surface area is 194 Å². The number of nitrogens with zero attached hydrogens (tertiary/aromatic N) is 5. The molecule has 1 saturated carbocycles. The summed E-state index contributed by atoms with van der Waals surface area (Å²) in [6.07, 6.45) is -1.04. The maximum atomic E-state index is 12.8. The monoisotopic (exact) mass is 477 g/mol. The van der Waals surface area contributed by atoms with Gasteiger partial charge in [-0.15, -0.1) is 10.2 Å². The van der Waals surface area contributed by atoms with Gasteiger partial charge in [-0.3, -0.25) is 0 Å². The average Bonchev–Trinajstić information content (AvgIpc) is 3.06. The summed E-state index contributed by atoms with van der Waals surface area (Å²) >= 11 is 1.68. The van der Waals surface area contributed by atoms with Crippen molar-refractivity contribution < 1.29 is 17.7 Å². The van der Waals surface area contributed by atoms with Gasteiger partial charge < -0.3 is 14.0 Å². The topological polar surface area (TPSA) is 60.0 Å². The molecule has 5 rings (SSSR count). The second-order valence-corrected chi connectivity index (χ2v) is 10.2. The molecule has 3 heterocycles. The minimum Gasteiger partial charge on any atom is -0.353 e. The van der Waals surface area contributed by atoms with Crippen LogP contribution in [0.25, 0.3) is 11.6 Å². The molecular weight excluding hydrogens is 451 g/mol. The largest absolute Gasteiger partial charge is 0.416 e. The minimum absolute atomic E-state index is 0.251. The van der Waals surface area contributed by atoms with Crippen LogP contribution in [0.4, 0.5) is 13.2 Å². The van der Waals surface area contributed by atoms with E-state index in [2.05, 4.69) is 20.3 Å². The first-order chi connectivity index (χ1) is 15.7. The Bertz CT molecular complexity index is 1130. The third-order valence-corrected chi connectivity index (χ3v) is 7.93. The quantitative estimate of drug-likeness (QED) is 0.346. The fraction of sp³-hybridized carbons (Fsp3) is 0.522. The highest BCUT2D eigenvalue weighted by Crippen LogP contribution is 2.64. The van der Waals surface area contributed by atoms with Gasteiger partial charge in [0, 0.05) is 25.4 Å². The van der Waals surface area contributed by atoms with E-state index in [1.165, 1.54) is 12.1 Å². The van der Waals surface area contributed by atoms with Crippen molar-refractivity contribution in [3.63, 3.8) is 0 Å². The van der Waals surface area contributed by atoms with Gasteiger partial charge in [0.15, 0.2) is 5.16 Å². The zero-order valence-electron chi connectivity index (χ0n) is 18.6. The Morgan fingerprint density at radius 1 is 1.21 bits per heavy atom. The highest BCUT2D eigenvalue weighted by Gasteiger charge is 2.57. The Hall–Kier alpha value is -2.33. The highest BCUT2D eigenvalue weighted by molar-refractivity contribution is 7.99. The maximum absolute atomic E-state index is 12.8. The lowest BCUT2D eigenvalue weighted by Gasteiger charge is -2.16. The van der Waals surface area contributed by atoms with E-state index in [4.69, 9.17) is 4.52 Å². The number of rotatable bonds is 7. The second kappa shape index (κ2) is 8.47. The lowest BCUT2D eigenvalue weighted by molar-refractivity contribution is -0.137. The van der Waals surface area contributed by atoms with Gasteiger partial charge in [0.05, 0.1) is 11.3 Å². The van der Waals surface area contributed by atoms with E-state index in [0.29, 0.717) is 17.5 Å². The van der Waals surface area contributed by atoms with Crippen LogP contribution in [0, 0.1) is 12.3 Å². The summed E-state index contributed by atoms with van der Waals surface area (Å²) in [7, 11) is 1.92. The van der Waals surface area contributed by atoms with Crippen LogP contribution in [-0.2, 0) is 13.2 Å². The lowest BCUT2D eigenvalue weighted by Crippen LogP contribution is -2.23. The van der Waals surface area contributed by atoms with E-state index in [1.54, 1.807) is 23.9 Å². The lowest BCUT2D eigenvalue weighted by atomic mass is 9.97. The number of aryl methyl sites for hydroxylation is 1. The van der Waals surface area contributed by atoms with Crippen LogP contribution in [-0.4, -0.2) is 50.2 Å². The molecule has 1 saturated heterocycles. The summed E-state index contributed by atoms with van der Waals surface area (Å²) in [4.78, 5) is 2.49. The van der Waals surface area contributed by atoms with E-state index in [1.807, 2.05) is 24.6 Å². The van der Waals surface area contributed by atoms with Crippen molar-refractivity contribution in [3.8, 4) is 11.6 Å². The van der Waals surface area contributed by atoms with Crippen molar-refractivity contribution in [1.29, 1.82) is 0 Å². The molecule has 10 heteroatoms. The molecule has 2 atom stereocenters. The average molecular weight is 478 g/mol. The molecule has 1 aliphatic heterocycles. The van der Waals surface area contributed by atoms with Crippen LogP contribution in [0.5, 0.6) is 0 Å². The number of thioether (sulfide) groups is 1. The van der Waals surface area contributed by atoms with Crippen LogP contribution in [0.2, 0.25) is 0 Å². The molecule has 0 radical (unpaired) electrons. The number of halogens is 3. The summed E-state index contributed by atoms with van der Waals surface area (Å²) in [5.74, 6) is 2.61. The molecule has 6 nitrogen and oxygen atoms in total. The van der Waals surface area contributed by atoms with Crippen molar-refractivity contribution in [3.05, 3.63) is 47.2 Å². The molecule has 33 heavy (non-hydrogen) atoms. The number of hydrogen-bond acceptors (Lipinski definition) is 6. The molecule has 1 aliphatic carbocycles. The fourth-order valence-corrected chi connectivity index (χ4v) is 5.76. The molecule has 2 fully saturated rings. The van der Waals surface area contributed by atoms with Crippen molar-refractivity contribution in [2.24, 2.45) is 12.5 Å². The Morgan fingerprint density at radius 3 is 2.70 bits per heavy atom. The fourth-order valence-electron chi connectivity index (χ4n) is 4.93. The number of likely N-dealkylation sites (tertiary alicyclic amines) is 1. The Balaban J connectivity index is 1.09. The molecule has 0 N–H and O–H groups in total. The molecule has 0 amide bonds. The Morgan fingerprint density at radius 2 is 2.00 bits per heavy atom. The predicted molar refractivity (Wildman–Crippen MR) is 119 cm³/mol. The van der Waals surface area contributed by atoms with Gasteiger partial charge in [0.2, 0.25) is 11.6 Å². The molecule has 2 aliphatic rings. The van der Waals surface area contributed by atoms with E-state index < -0.39 is 11.7 Å². The number of hydrogen-bond donors (Lipinski definition) is 0. The standard InChI is InChI=1S/C23H26F3N5OS/c1-15-12-19(32-29-15)20-27-28-21(30(20)2)33-11-3-9-31-10-8-22(14-31)13-18(22)16-4-6-17(7-5-16)23(24,25)26/h4-7,12,18H,3,8-11,13-14H2,1-2H3/t18-,22+/m0/s1. The zero-order valence-corrected chi connectivity index (χ0v) is 19.4. The van der Waals surface area contributed by atoms with E-state index in [0.717, 1.165) is 61.1 Å². The van der Waals surface area contributed by atoms with Crippen LogP contribution in [0.1, 0.15) is 42.0 Å². The number of benzene rings is 1. The molecule has 2 aromatic heterocycles. The minimum atomic E-state index is -4.27. The first-order valence-electron chi connectivity index (χ1n) is 11.1. The van der Waals surface area contributed by atoms with E-state index in [9.17, 15) is 13.2 Å². The van der Waals surface area contributed by atoms with Crippen LogP contribution in [0.3, 0.4) is 0 Å². The summed E-state index contributed by atoms with van der Waals surface area (Å²) in [6.45, 7) is 4.97. The SMILES string of the molecule is Cc1cc(-c2nnc(SCCCN3CC[C@@]4(C[C@H]4c4ccc(C(F)(F)F)cc4)C3)n2C)on1. The van der Waals surface area contributed by atoms with Crippen molar-refractivity contribution in [2.45, 2.75) is 43.4 Å². The first kappa shape index (κ1) is 22.5. The smallest absolute Gasteiger partial charge is 0.353 e. The molecule has 3 aromatic rings. The molecule has 0 unspecified atom stereocenters. The number of alkyl halides is 3. The van der Waals surface area contributed by atoms with Gasteiger partial charge >= 0.3 is 6.18 Å². The van der Waals surface area contributed by atoms with Crippen molar-refractivity contribution in [2.75, 3.05) is 25.4 Å². The molecular formula is C23H26F3N5OS. The Kier molecular flexibility index (Phi) is 5.76. The van der Waals surface area contributed by atoms with E-state index >= 15 is 0 Å². The summed E-state index contributed by atoms with van der Waals surface area (Å²) in [5.41, 5.74) is 1.53. The highest BCUT2D eigenvalue weighted by atomic mass is 32.2. The molecule has 1 spiro atoms. The molecule has 1 aromatic carbocycles. The van der Waals surface area contributed by atoms with Crippen LogP contribution < -0.4 is 0 Å². The third kappa shape index (κ3) is 4.55. The van der Waals surface area contributed by atoms with Gasteiger partial charge in [0.1, 0.15) is 0 Å². The number of aromatic nitrogens is 4. The van der Waals surface area contributed by atoms with Gasteiger partial charge in [-0.1, -0.05) is 29.1 Å². The predicted octanol–water partition coefficient (Wildman–Crippen LogP) is 5.16. The van der Waals surface area contributed by atoms with Crippen LogP contribution in [0.15, 0.2) is 40.0 Å². The van der Waals surface area contributed by atoms with Gasteiger partial charge in [-0.05, 0) is 68.3 Å². The molecule has 176 valence electrons. The normalized spacial score (nSPS) is 23.0. The summed E-state index contributed by atoms with van der Waals surface area (Å²) in [6, 6.07) is 7.60. The van der Waals surface area contributed by atoms with Gasteiger partial charge in [0.25, 0.3) is 0 Å². The molecule has 0 bridgehead atoms. The summed E-state index contributed by atoms with van der Waals surface area (Å²) in [5, 5.41) is 13.2. The summed E-state index contributed by atoms with van der Waals surface area (Å²) < 4.78 is 45.7. The van der Waals surface area contributed by atoms with Crippen LogP contribution >= 0.6 is 11.8 Å². The van der Waals surface area contributed by atoms with E-state index in [-0.39, 0.29) is 5.41 Å². The first-order valence-corrected chi connectivity index (χ1v) is 12.1. The maximum Gasteiger partial charge on any atom is 0.416 e. The van der Waals surface area contributed by atoms with Gasteiger partial charge in [-0.25, -0.2) is 0 Å². The third-order valence-electron chi connectivity index (χ3n) is 6.83.